The summed E-state index contributed by atoms with van der Waals surface area (Å²) >= 11 is 0. The van der Waals surface area contributed by atoms with Crippen LogP contribution in [0.1, 0.15) is 40.8 Å². The van der Waals surface area contributed by atoms with Gasteiger partial charge in [-0.1, -0.05) is 42.0 Å². The van der Waals surface area contributed by atoms with Crippen molar-refractivity contribution in [2.24, 2.45) is 0 Å². The normalized spacial score (nSPS) is 16.9. The monoisotopic (exact) mass is 487 g/mol. The second-order valence-corrected chi connectivity index (χ2v) is 8.70. The lowest BCUT2D eigenvalue weighted by atomic mass is 9.94. The number of anilines is 1. The number of amides is 1. The third-order valence-electron chi connectivity index (χ3n) is 6.10. The number of halogens is 1. The Kier molecular flexibility index (Phi) is 7.01. The van der Waals surface area contributed by atoms with Gasteiger partial charge < -0.3 is 9.84 Å². The van der Waals surface area contributed by atoms with E-state index in [4.69, 9.17) is 4.74 Å². The van der Waals surface area contributed by atoms with Crippen LogP contribution in [0.15, 0.2) is 72.3 Å². The van der Waals surface area contributed by atoms with Gasteiger partial charge in [0.1, 0.15) is 11.6 Å². The second kappa shape index (κ2) is 10.2. The zero-order valence-corrected chi connectivity index (χ0v) is 20.2. The summed E-state index contributed by atoms with van der Waals surface area (Å²) < 4.78 is 18.8. The topological polar surface area (TPSA) is 83.9 Å². The molecule has 1 aliphatic heterocycles. The number of aliphatic hydroxyl groups is 1. The average molecular weight is 488 g/mol. The smallest absolute Gasteiger partial charge is 0.310 e. The number of hydrogen-bond donors (Lipinski definition) is 1. The lowest BCUT2D eigenvalue weighted by Gasteiger charge is -2.26. The first kappa shape index (κ1) is 24.9. The molecule has 1 amide bonds. The molecule has 3 aromatic carbocycles. The largest absolute Gasteiger partial charge is 0.507 e. The van der Waals surface area contributed by atoms with E-state index >= 15 is 0 Å². The van der Waals surface area contributed by atoms with E-state index in [-0.39, 0.29) is 35.9 Å². The van der Waals surface area contributed by atoms with Crippen LogP contribution >= 0.6 is 0 Å². The molecular weight excluding hydrogens is 461 g/mol. The van der Waals surface area contributed by atoms with E-state index in [0.29, 0.717) is 22.4 Å². The number of ketones is 1. The van der Waals surface area contributed by atoms with Crippen molar-refractivity contribution in [3.63, 3.8) is 0 Å². The molecule has 6 nitrogen and oxygen atoms in total. The maximum atomic E-state index is 13.8. The van der Waals surface area contributed by atoms with Crippen molar-refractivity contribution >= 4 is 29.1 Å². The Morgan fingerprint density at radius 3 is 2.39 bits per heavy atom. The highest BCUT2D eigenvalue weighted by Gasteiger charge is 2.47. The fourth-order valence-corrected chi connectivity index (χ4v) is 4.36. The molecule has 0 aromatic heterocycles. The molecule has 1 atom stereocenters. The number of ether oxygens (including phenoxy) is 1. The molecule has 36 heavy (non-hydrogen) atoms. The van der Waals surface area contributed by atoms with Gasteiger partial charge in [0, 0.05) is 11.3 Å². The minimum atomic E-state index is -0.897. The maximum absolute atomic E-state index is 13.8. The van der Waals surface area contributed by atoms with Crippen LogP contribution in [0.3, 0.4) is 0 Å². The Hall–Kier alpha value is -4.26. The van der Waals surface area contributed by atoms with Crippen LogP contribution in [0.4, 0.5) is 10.1 Å². The lowest BCUT2D eigenvalue weighted by molar-refractivity contribution is -0.142. The first-order valence-electron chi connectivity index (χ1n) is 11.6. The van der Waals surface area contributed by atoms with Gasteiger partial charge in [-0.3, -0.25) is 19.3 Å². The molecule has 3 aromatic rings. The third-order valence-corrected chi connectivity index (χ3v) is 6.10. The van der Waals surface area contributed by atoms with E-state index in [9.17, 15) is 23.9 Å². The summed E-state index contributed by atoms with van der Waals surface area (Å²) in [5.74, 6) is -2.80. The zero-order valence-electron chi connectivity index (χ0n) is 20.2. The Morgan fingerprint density at radius 2 is 1.75 bits per heavy atom. The molecule has 1 saturated heterocycles. The van der Waals surface area contributed by atoms with Crippen LogP contribution in [0.25, 0.3) is 5.76 Å². The molecule has 184 valence electrons. The van der Waals surface area contributed by atoms with Gasteiger partial charge in [0.05, 0.1) is 24.6 Å². The molecule has 0 saturated carbocycles. The van der Waals surface area contributed by atoms with Gasteiger partial charge in [-0.15, -0.1) is 0 Å². The number of benzene rings is 3. The van der Waals surface area contributed by atoms with Crippen LogP contribution in [-0.2, 0) is 25.5 Å². The van der Waals surface area contributed by atoms with Crippen LogP contribution in [0.5, 0.6) is 0 Å². The van der Waals surface area contributed by atoms with E-state index in [1.54, 1.807) is 44.2 Å². The van der Waals surface area contributed by atoms with Crippen molar-refractivity contribution in [1.29, 1.82) is 0 Å². The van der Waals surface area contributed by atoms with Gasteiger partial charge in [0.2, 0.25) is 0 Å². The number of hydrogen-bond acceptors (Lipinski definition) is 5. The average Bonchev–Trinajstić information content (AvgIpc) is 3.11. The Labute approximate surface area is 208 Å². The Bertz CT molecular complexity index is 1380. The molecular formula is C29H26FNO5. The van der Waals surface area contributed by atoms with Crippen LogP contribution in [0, 0.1) is 19.7 Å². The summed E-state index contributed by atoms with van der Waals surface area (Å²) in [7, 11) is 0. The summed E-state index contributed by atoms with van der Waals surface area (Å²) in [4.78, 5) is 39.7. The van der Waals surface area contributed by atoms with E-state index in [1.807, 2.05) is 25.1 Å². The van der Waals surface area contributed by atoms with Gasteiger partial charge >= 0.3 is 5.97 Å². The predicted molar refractivity (Wildman–Crippen MR) is 134 cm³/mol. The van der Waals surface area contributed by atoms with E-state index in [1.165, 1.54) is 23.1 Å². The first-order chi connectivity index (χ1) is 17.2. The van der Waals surface area contributed by atoms with E-state index < -0.39 is 23.5 Å². The highest BCUT2D eigenvalue weighted by atomic mass is 19.1. The fraction of sp³-hybridized carbons (Fsp3) is 0.207. The molecule has 0 aliphatic carbocycles. The lowest BCUT2D eigenvalue weighted by Crippen LogP contribution is -2.29. The summed E-state index contributed by atoms with van der Waals surface area (Å²) in [6.45, 7) is 5.46. The zero-order chi connectivity index (χ0) is 26.0. The van der Waals surface area contributed by atoms with E-state index in [0.717, 1.165) is 5.56 Å². The van der Waals surface area contributed by atoms with Crippen molar-refractivity contribution in [2.45, 2.75) is 33.2 Å². The summed E-state index contributed by atoms with van der Waals surface area (Å²) in [5.41, 5.74) is 3.16. The molecule has 1 heterocycles. The molecule has 1 unspecified atom stereocenters. The number of carbonyl (C=O) groups excluding carboxylic acids is 3. The van der Waals surface area contributed by atoms with Crippen LogP contribution in [0.2, 0.25) is 0 Å². The highest BCUT2D eigenvalue weighted by Crippen LogP contribution is 2.42. The van der Waals surface area contributed by atoms with Gasteiger partial charge in [0.15, 0.2) is 0 Å². The summed E-state index contributed by atoms with van der Waals surface area (Å²) in [5, 5.41) is 11.2. The number of nitrogens with zero attached hydrogens (tertiary/aromatic N) is 1. The van der Waals surface area contributed by atoms with Crippen molar-refractivity contribution < 1.29 is 28.6 Å². The quantitative estimate of drug-likeness (QED) is 0.224. The SMILES string of the molecule is CCOC(=O)Cc1ccc(N2C(=O)C(=O)/C(=C(\O)c3ccc(F)c(C)c3)C2c2cccc(C)c2)cc1. The predicted octanol–water partition coefficient (Wildman–Crippen LogP) is 5.17. The third kappa shape index (κ3) is 4.77. The number of aliphatic hydroxyl groups excluding tert-OH is 1. The second-order valence-electron chi connectivity index (χ2n) is 8.70. The van der Waals surface area contributed by atoms with Gasteiger partial charge in [-0.25, -0.2) is 4.39 Å². The van der Waals surface area contributed by atoms with E-state index in [2.05, 4.69) is 0 Å². The van der Waals surface area contributed by atoms with Gasteiger partial charge in [-0.05, 0) is 67.8 Å². The molecule has 0 bridgehead atoms. The summed E-state index contributed by atoms with van der Waals surface area (Å²) in [6, 6.07) is 17.2. The molecule has 1 N–H and O–H groups in total. The Morgan fingerprint density at radius 1 is 1.03 bits per heavy atom. The van der Waals surface area contributed by atoms with Crippen LogP contribution in [-0.4, -0.2) is 29.4 Å². The standard InChI is InChI=1S/C29H26FNO5/c1-4-36-24(32)16-19-8-11-22(12-9-19)31-26(20-7-5-6-17(2)14-20)25(28(34)29(31)35)27(33)21-10-13-23(30)18(3)15-21/h5-15,26,33H,4,16H2,1-3H3/b27-25-. The highest BCUT2D eigenvalue weighted by molar-refractivity contribution is 6.51. The molecule has 7 heteroatoms. The number of aryl methyl sites for hydroxylation is 2. The first-order valence-corrected chi connectivity index (χ1v) is 11.6. The van der Waals surface area contributed by atoms with Crippen molar-refractivity contribution in [1.82, 2.24) is 0 Å². The number of rotatable bonds is 6. The van der Waals surface area contributed by atoms with Crippen molar-refractivity contribution in [3.05, 3.63) is 106 Å². The van der Waals surface area contributed by atoms with Crippen LogP contribution < -0.4 is 4.90 Å². The van der Waals surface area contributed by atoms with Gasteiger partial charge in [0.25, 0.3) is 11.7 Å². The number of Topliss-reactive ketones (excluding diaryl/α,β-unsaturated/α-hetero) is 1. The molecule has 0 spiro atoms. The minimum absolute atomic E-state index is 0.0767. The number of esters is 1. The molecule has 1 aliphatic rings. The number of carbonyl (C=O) groups is 3. The van der Waals surface area contributed by atoms with Gasteiger partial charge in [-0.2, -0.15) is 0 Å². The minimum Gasteiger partial charge on any atom is -0.507 e. The molecule has 4 rings (SSSR count). The molecule has 0 radical (unpaired) electrons. The fourth-order valence-electron chi connectivity index (χ4n) is 4.36. The Balaban J connectivity index is 1.83. The van der Waals surface area contributed by atoms with Crippen molar-refractivity contribution in [2.75, 3.05) is 11.5 Å². The molecule has 1 fully saturated rings. The van der Waals surface area contributed by atoms with Crippen molar-refractivity contribution in [3.8, 4) is 0 Å². The summed E-state index contributed by atoms with van der Waals surface area (Å²) in [6.07, 6.45) is 0.0815. The maximum Gasteiger partial charge on any atom is 0.310 e.